The molecule has 1 aliphatic rings. The number of hydrogen-bond acceptors (Lipinski definition) is 1. The van der Waals surface area contributed by atoms with Gasteiger partial charge < -0.3 is 4.90 Å². The summed E-state index contributed by atoms with van der Waals surface area (Å²) in [6, 6.07) is 1.45. The van der Waals surface area contributed by atoms with Crippen LogP contribution in [-0.4, -0.2) is 29.8 Å². The molecule has 1 saturated heterocycles. The third-order valence-corrected chi connectivity index (χ3v) is 3.69. The van der Waals surface area contributed by atoms with Crippen LogP contribution in [0.1, 0.15) is 23.2 Å². The highest BCUT2D eigenvalue weighted by Gasteiger charge is 2.25. The molecule has 1 aromatic rings. The van der Waals surface area contributed by atoms with Crippen molar-refractivity contribution in [2.75, 3.05) is 19.0 Å². The second-order valence-electron chi connectivity index (χ2n) is 4.67. The molecule has 1 heterocycles. The number of carbonyl (C=O) groups is 1. The van der Waals surface area contributed by atoms with Crippen LogP contribution in [0.4, 0.5) is 13.2 Å². The van der Waals surface area contributed by atoms with Gasteiger partial charge in [-0.15, -0.1) is 11.6 Å². The van der Waals surface area contributed by atoms with Crippen LogP contribution in [0.2, 0.25) is 0 Å². The summed E-state index contributed by atoms with van der Waals surface area (Å²) < 4.78 is 39.0. The normalized spacial score (nSPS) is 19.6. The van der Waals surface area contributed by atoms with Gasteiger partial charge >= 0.3 is 0 Å². The van der Waals surface area contributed by atoms with Crippen LogP contribution in [0.5, 0.6) is 0 Å². The number of halogens is 4. The number of rotatable bonds is 2. The van der Waals surface area contributed by atoms with Gasteiger partial charge in [0.05, 0.1) is 0 Å². The van der Waals surface area contributed by atoms with Gasteiger partial charge in [-0.25, -0.2) is 13.2 Å². The van der Waals surface area contributed by atoms with Crippen LogP contribution >= 0.6 is 11.6 Å². The molecule has 1 aliphatic heterocycles. The molecule has 0 spiro atoms. The summed E-state index contributed by atoms with van der Waals surface area (Å²) in [5, 5.41) is 0. The molecular weight excluding hydrogens is 279 g/mol. The Balaban J connectivity index is 2.19. The molecule has 0 bridgehead atoms. The van der Waals surface area contributed by atoms with Crippen molar-refractivity contribution >= 4 is 17.5 Å². The fourth-order valence-corrected chi connectivity index (χ4v) is 2.49. The van der Waals surface area contributed by atoms with E-state index in [0.717, 1.165) is 25.0 Å². The van der Waals surface area contributed by atoms with Gasteiger partial charge in [-0.2, -0.15) is 0 Å². The highest BCUT2D eigenvalue weighted by Crippen LogP contribution is 2.21. The van der Waals surface area contributed by atoms with Gasteiger partial charge in [-0.05, 0) is 30.9 Å². The number of hydrogen-bond donors (Lipinski definition) is 0. The fourth-order valence-electron chi connectivity index (χ4n) is 2.24. The molecule has 1 aromatic carbocycles. The molecule has 19 heavy (non-hydrogen) atoms. The van der Waals surface area contributed by atoms with E-state index in [-0.39, 0.29) is 11.5 Å². The molecule has 0 N–H and O–H groups in total. The second kappa shape index (κ2) is 5.82. The lowest BCUT2D eigenvalue weighted by molar-refractivity contribution is 0.0683. The number of nitrogens with zero attached hydrogens (tertiary/aromatic N) is 1. The van der Waals surface area contributed by atoms with Crippen molar-refractivity contribution in [2.24, 2.45) is 5.92 Å². The van der Waals surface area contributed by atoms with Crippen molar-refractivity contribution in [3.63, 3.8) is 0 Å². The van der Waals surface area contributed by atoms with E-state index in [1.165, 1.54) is 4.90 Å². The third-order valence-electron chi connectivity index (χ3n) is 3.26. The number of piperidine rings is 1. The van der Waals surface area contributed by atoms with Crippen LogP contribution < -0.4 is 0 Å². The van der Waals surface area contributed by atoms with Crippen LogP contribution in [0.15, 0.2) is 12.1 Å². The summed E-state index contributed by atoms with van der Waals surface area (Å²) in [7, 11) is 0. The smallest absolute Gasteiger partial charge is 0.254 e. The lowest BCUT2D eigenvalue weighted by Crippen LogP contribution is -2.40. The molecule has 1 amide bonds. The minimum atomic E-state index is -1.56. The number of likely N-dealkylation sites (tertiary alicyclic amines) is 1. The van der Waals surface area contributed by atoms with Gasteiger partial charge in [-0.3, -0.25) is 4.79 Å². The van der Waals surface area contributed by atoms with Crippen molar-refractivity contribution in [3.05, 3.63) is 35.1 Å². The standard InChI is InChI=1S/C13H13ClF3NO/c14-6-8-2-1-3-18(7-8)13(19)9-4-10(15)12(17)11(16)5-9/h4-5,8H,1-3,6-7H2. The first-order chi connectivity index (χ1) is 9.02. The number of benzene rings is 1. The third kappa shape index (κ3) is 3.03. The Morgan fingerprint density at radius 3 is 2.53 bits per heavy atom. The Morgan fingerprint density at radius 1 is 1.32 bits per heavy atom. The zero-order valence-corrected chi connectivity index (χ0v) is 10.9. The van der Waals surface area contributed by atoms with E-state index >= 15 is 0 Å². The average Bonchev–Trinajstić information content (AvgIpc) is 2.43. The van der Waals surface area contributed by atoms with Crippen LogP contribution in [-0.2, 0) is 0 Å². The zero-order valence-electron chi connectivity index (χ0n) is 10.1. The molecular formula is C13H13ClF3NO. The van der Waals surface area contributed by atoms with Crippen molar-refractivity contribution in [3.8, 4) is 0 Å². The van der Waals surface area contributed by atoms with E-state index in [2.05, 4.69) is 0 Å². The van der Waals surface area contributed by atoms with E-state index in [0.29, 0.717) is 19.0 Å². The van der Waals surface area contributed by atoms with Crippen LogP contribution in [0, 0.1) is 23.4 Å². The number of amides is 1. The van der Waals surface area contributed by atoms with E-state index in [9.17, 15) is 18.0 Å². The highest BCUT2D eigenvalue weighted by molar-refractivity contribution is 6.18. The lowest BCUT2D eigenvalue weighted by Gasteiger charge is -2.31. The van der Waals surface area contributed by atoms with Crippen molar-refractivity contribution in [1.29, 1.82) is 0 Å². The van der Waals surface area contributed by atoms with E-state index in [4.69, 9.17) is 11.6 Å². The van der Waals surface area contributed by atoms with Gasteiger partial charge in [0, 0.05) is 24.5 Å². The maximum absolute atomic E-state index is 13.1. The molecule has 1 atom stereocenters. The molecule has 104 valence electrons. The quantitative estimate of drug-likeness (QED) is 0.605. The summed E-state index contributed by atoms with van der Waals surface area (Å²) in [5.41, 5.74) is -0.174. The Bertz CT molecular complexity index is 472. The van der Waals surface area contributed by atoms with E-state index < -0.39 is 23.4 Å². The van der Waals surface area contributed by atoms with Gasteiger partial charge in [0.1, 0.15) is 0 Å². The van der Waals surface area contributed by atoms with Gasteiger partial charge in [0.25, 0.3) is 5.91 Å². The minimum Gasteiger partial charge on any atom is -0.338 e. The molecule has 6 heteroatoms. The first-order valence-corrected chi connectivity index (χ1v) is 6.56. The predicted molar refractivity (Wildman–Crippen MR) is 65.7 cm³/mol. The minimum absolute atomic E-state index is 0.174. The highest BCUT2D eigenvalue weighted by atomic mass is 35.5. The molecule has 0 aromatic heterocycles. The Kier molecular flexibility index (Phi) is 4.34. The monoisotopic (exact) mass is 291 g/mol. The Hall–Kier alpha value is -1.23. The molecule has 2 nitrogen and oxygen atoms in total. The summed E-state index contributed by atoms with van der Waals surface area (Å²) in [5.74, 6) is -4.13. The predicted octanol–water partition coefficient (Wildman–Crippen LogP) is 3.19. The summed E-state index contributed by atoms with van der Waals surface area (Å²) in [6.45, 7) is 0.982. The number of alkyl halides is 1. The van der Waals surface area contributed by atoms with Gasteiger partial charge in [0.15, 0.2) is 17.5 Å². The van der Waals surface area contributed by atoms with E-state index in [1.54, 1.807) is 0 Å². The first-order valence-electron chi connectivity index (χ1n) is 6.02. The molecule has 1 fully saturated rings. The van der Waals surface area contributed by atoms with Crippen LogP contribution in [0.3, 0.4) is 0 Å². The van der Waals surface area contributed by atoms with Crippen LogP contribution in [0.25, 0.3) is 0 Å². The van der Waals surface area contributed by atoms with E-state index in [1.807, 2.05) is 0 Å². The topological polar surface area (TPSA) is 20.3 Å². The molecule has 0 saturated carbocycles. The summed E-state index contributed by atoms with van der Waals surface area (Å²) in [6.07, 6.45) is 1.73. The van der Waals surface area contributed by atoms with Gasteiger partial charge in [0.2, 0.25) is 0 Å². The summed E-state index contributed by atoms with van der Waals surface area (Å²) >= 11 is 5.76. The molecule has 0 radical (unpaired) electrons. The average molecular weight is 292 g/mol. The Labute approximate surface area is 114 Å². The molecule has 0 aliphatic carbocycles. The molecule has 1 unspecified atom stereocenters. The maximum atomic E-state index is 13.1. The summed E-state index contributed by atoms with van der Waals surface area (Å²) in [4.78, 5) is 13.6. The van der Waals surface area contributed by atoms with Crippen molar-refractivity contribution < 1.29 is 18.0 Å². The van der Waals surface area contributed by atoms with Crippen molar-refractivity contribution in [1.82, 2.24) is 4.90 Å². The number of carbonyl (C=O) groups excluding carboxylic acids is 1. The zero-order chi connectivity index (χ0) is 14.0. The SMILES string of the molecule is O=C(c1cc(F)c(F)c(F)c1)N1CCCC(CCl)C1. The maximum Gasteiger partial charge on any atom is 0.254 e. The fraction of sp³-hybridized carbons (Fsp3) is 0.462. The second-order valence-corrected chi connectivity index (χ2v) is 4.98. The Morgan fingerprint density at radius 2 is 1.95 bits per heavy atom. The lowest BCUT2D eigenvalue weighted by atomic mass is 9.99. The van der Waals surface area contributed by atoms with Gasteiger partial charge in [-0.1, -0.05) is 0 Å². The van der Waals surface area contributed by atoms with Crippen molar-refractivity contribution in [2.45, 2.75) is 12.8 Å². The first kappa shape index (κ1) is 14.2. The molecule has 2 rings (SSSR count). The largest absolute Gasteiger partial charge is 0.338 e.